The fraction of sp³-hybridized carbons (Fsp3) is 0. The molecule has 0 saturated carbocycles. The predicted octanol–water partition coefficient (Wildman–Crippen LogP) is 12.3. The van der Waals surface area contributed by atoms with Crippen LogP contribution in [0.15, 0.2) is 173 Å². The van der Waals surface area contributed by atoms with Gasteiger partial charge < -0.3 is 13.7 Å². The lowest BCUT2D eigenvalue weighted by molar-refractivity contribution is 0.668. The molecular formula is C42H27NO2. The summed E-state index contributed by atoms with van der Waals surface area (Å²) in [5.74, 6) is 0. The fourth-order valence-corrected chi connectivity index (χ4v) is 6.46. The summed E-state index contributed by atoms with van der Waals surface area (Å²) in [7, 11) is 0. The first kappa shape index (κ1) is 25.4. The first-order valence-corrected chi connectivity index (χ1v) is 15.2. The molecule has 7 aromatic carbocycles. The smallest absolute Gasteiger partial charge is 0.135 e. The summed E-state index contributed by atoms with van der Waals surface area (Å²) in [6.45, 7) is 0. The molecule has 0 aliphatic carbocycles. The molecule has 3 heteroatoms. The monoisotopic (exact) mass is 577 g/mol. The zero-order chi connectivity index (χ0) is 29.7. The minimum absolute atomic E-state index is 0.883. The molecule has 45 heavy (non-hydrogen) atoms. The number of hydrogen-bond donors (Lipinski definition) is 0. The molecule has 0 aliphatic heterocycles. The molecule has 2 heterocycles. The van der Waals surface area contributed by atoms with Crippen LogP contribution < -0.4 is 4.90 Å². The second-order valence-corrected chi connectivity index (χ2v) is 11.4. The van der Waals surface area contributed by atoms with Crippen molar-refractivity contribution in [2.45, 2.75) is 0 Å². The minimum Gasteiger partial charge on any atom is -0.456 e. The largest absolute Gasteiger partial charge is 0.456 e. The zero-order valence-electron chi connectivity index (χ0n) is 24.4. The lowest BCUT2D eigenvalue weighted by Gasteiger charge is -2.26. The molecule has 212 valence electrons. The third-order valence-corrected chi connectivity index (χ3v) is 8.67. The van der Waals surface area contributed by atoms with Crippen molar-refractivity contribution >= 4 is 60.9 Å². The number of rotatable bonds is 5. The van der Waals surface area contributed by atoms with E-state index >= 15 is 0 Å². The van der Waals surface area contributed by atoms with E-state index in [-0.39, 0.29) is 0 Å². The Kier molecular flexibility index (Phi) is 5.82. The van der Waals surface area contributed by atoms with Crippen LogP contribution in [0.2, 0.25) is 0 Å². The molecule has 9 rings (SSSR count). The van der Waals surface area contributed by atoms with Gasteiger partial charge in [-0.25, -0.2) is 0 Å². The Labute approximate surface area is 260 Å². The van der Waals surface area contributed by atoms with Gasteiger partial charge in [0, 0.05) is 38.6 Å². The van der Waals surface area contributed by atoms with E-state index in [1.54, 1.807) is 0 Å². The predicted molar refractivity (Wildman–Crippen MR) is 187 cm³/mol. The Morgan fingerprint density at radius 1 is 0.289 bits per heavy atom. The first-order valence-electron chi connectivity index (χ1n) is 15.2. The summed E-state index contributed by atoms with van der Waals surface area (Å²) < 4.78 is 12.3. The van der Waals surface area contributed by atoms with Crippen LogP contribution in [-0.2, 0) is 0 Å². The number of furan rings is 2. The van der Waals surface area contributed by atoms with Gasteiger partial charge in [0.1, 0.15) is 22.3 Å². The summed E-state index contributed by atoms with van der Waals surface area (Å²) in [5.41, 5.74) is 11.5. The molecular weight excluding hydrogens is 550 g/mol. The van der Waals surface area contributed by atoms with Gasteiger partial charge in [0.25, 0.3) is 0 Å². The standard InChI is InChI=1S/C42H27NO2/c1-2-9-28(10-3-1)29-17-20-32(21-18-29)43(34-22-24-42-38(27-34)36-14-5-7-16-40(36)45-42)33-12-8-11-30(25-33)31-19-23-41-37(26-31)35-13-4-6-15-39(35)44-41/h1-27H. The van der Waals surface area contributed by atoms with Crippen LogP contribution in [-0.4, -0.2) is 0 Å². The third kappa shape index (κ3) is 4.37. The Hall–Kier alpha value is -6.06. The molecule has 0 unspecified atom stereocenters. The van der Waals surface area contributed by atoms with E-state index in [2.05, 4.69) is 144 Å². The van der Waals surface area contributed by atoms with Gasteiger partial charge in [0.05, 0.1) is 0 Å². The van der Waals surface area contributed by atoms with E-state index in [4.69, 9.17) is 8.83 Å². The van der Waals surface area contributed by atoms with Crippen molar-refractivity contribution in [1.29, 1.82) is 0 Å². The van der Waals surface area contributed by atoms with E-state index in [0.717, 1.165) is 72.1 Å². The van der Waals surface area contributed by atoms with Crippen LogP contribution in [0.4, 0.5) is 17.1 Å². The second kappa shape index (κ2) is 10.3. The van der Waals surface area contributed by atoms with E-state index in [1.807, 2.05) is 24.3 Å². The quantitative estimate of drug-likeness (QED) is 0.204. The van der Waals surface area contributed by atoms with E-state index in [9.17, 15) is 0 Å². The van der Waals surface area contributed by atoms with E-state index in [1.165, 1.54) is 11.1 Å². The molecule has 0 aliphatic rings. The molecule has 0 N–H and O–H groups in total. The van der Waals surface area contributed by atoms with Gasteiger partial charge in [0.15, 0.2) is 0 Å². The van der Waals surface area contributed by atoms with Crippen LogP contribution in [0.1, 0.15) is 0 Å². The van der Waals surface area contributed by atoms with Gasteiger partial charge in [-0.05, 0) is 89.0 Å². The van der Waals surface area contributed by atoms with Crippen molar-refractivity contribution in [3.63, 3.8) is 0 Å². The number of anilines is 3. The summed E-state index contributed by atoms with van der Waals surface area (Å²) in [6.07, 6.45) is 0. The van der Waals surface area contributed by atoms with Crippen molar-refractivity contribution in [3.05, 3.63) is 164 Å². The number of nitrogens with zero attached hydrogens (tertiary/aromatic N) is 1. The highest BCUT2D eigenvalue weighted by Crippen LogP contribution is 2.41. The molecule has 0 bridgehead atoms. The second-order valence-electron chi connectivity index (χ2n) is 11.4. The third-order valence-electron chi connectivity index (χ3n) is 8.67. The summed E-state index contributed by atoms with van der Waals surface area (Å²) in [4.78, 5) is 2.32. The molecule has 3 nitrogen and oxygen atoms in total. The fourth-order valence-electron chi connectivity index (χ4n) is 6.46. The Bertz CT molecular complexity index is 2490. The molecule has 0 fully saturated rings. The van der Waals surface area contributed by atoms with Crippen LogP contribution >= 0.6 is 0 Å². The SMILES string of the molecule is c1ccc(-c2ccc(N(c3cccc(-c4ccc5oc6ccccc6c5c4)c3)c3ccc4oc5ccccc5c4c3)cc2)cc1. The highest BCUT2D eigenvalue weighted by atomic mass is 16.3. The summed E-state index contributed by atoms with van der Waals surface area (Å²) in [5, 5.41) is 4.47. The van der Waals surface area contributed by atoms with Crippen molar-refractivity contribution in [1.82, 2.24) is 0 Å². The van der Waals surface area contributed by atoms with Gasteiger partial charge in [0.2, 0.25) is 0 Å². The molecule has 0 spiro atoms. The number of hydrogen-bond acceptors (Lipinski definition) is 3. The minimum atomic E-state index is 0.883. The van der Waals surface area contributed by atoms with Gasteiger partial charge in [-0.2, -0.15) is 0 Å². The number of para-hydroxylation sites is 2. The maximum atomic E-state index is 6.17. The number of fused-ring (bicyclic) bond motifs is 6. The van der Waals surface area contributed by atoms with Gasteiger partial charge >= 0.3 is 0 Å². The topological polar surface area (TPSA) is 29.5 Å². The Morgan fingerprint density at radius 2 is 0.778 bits per heavy atom. The van der Waals surface area contributed by atoms with Crippen molar-refractivity contribution in [2.75, 3.05) is 4.90 Å². The summed E-state index contributed by atoms with van der Waals surface area (Å²) in [6, 6.07) is 57.5. The molecule has 9 aromatic rings. The lowest BCUT2D eigenvalue weighted by Crippen LogP contribution is -2.10. The summed E-state index contributed by atoms with van der Waals surface area (Å²) >= 11 is 0. The van der Waals surface area contributed by atoms with Crippen LogP contribution in [0.5, 0.6) is 0 Å². The molecule has 0 atom stereocenters. The van der Waals surface area contributed by atoms with Gasteiger partial charge in [-0.1, -0.05) is 97.1 Å². The lowest BCUT2D eigenvalue weighted by atomic mass is 10.0. The molecule has 0 amide bonds. The Morgan fingerprint density at radius 3 is 1.51 bits per heavy atom. The van der Waals surface area contributed by atoms with Crippen LogP contribution in [0.3, 0.4) is 0 Å². The van der Waals surface area contributed by atoms with Crippen molar-refractivity contribution in [2.24, 2.45) is 0 Å². The van der Waals surface area contributed by atoms with Crippen LogP contribution in [0, 0.1) is 0 Å². The highest BCUT2D eigenvalue weighted by molar-refractivity contribution is 6.07. The van der Waals surface area contributed by atoms with Gasteiger partial charge in [-0.3, -0.25) is 0 Å². The van der Waals surface area contributed by atoms with Gasteiger partial charge in [-0.15, -0.1) is 0 Å². The average Bonchev–Trinajstić information content (AvgIpc) is 3.67. The Balaban J connectivity index is 1.20. The van der Waals surface area contributed by atoms with E-state index in [0.29, 0.717) is 0 Å². The first-order chi connectivity index (χ1) is 22.3. The molecule has 0 saturated heterocycles. The number of benzene rings is 7. The molecule has 2 aromatic heterocycles. The molecule has 0 radical (unpaired) electrons. The average molecular weight is 578 g/mol. The van der Waals surface area contributed by atoms with E-state index < -0.39 is 0 Å². The zero-order valence-corrected chi connectivity index (χ0v) is 24.4. The van der Waals surface area contributed by atoms with Crippen molar-refractivity contribution < 1.29 is 8.83 Å². The maximum Gasteiger partial charge on any atom is 0.135 e. The van der Waals surface area contributed by atoms with Crippen LogP contribution in [0.25, 0.3) is 66.1 Å². The normalized spacial score (nSPS) is 11.6. The van der Waals surface area contributed by atoms with Crippen molar-refractivity contribution in [3.8, 4) is 22.3 Å². The highest BCUT2D eigenvalue weighted by Gasteiger charge is 2.17. The maximum absolute atomic E-state index is 6.17.